The molecule has 4 nitrogen and oxygen atoms in total. The summed E-state index contributed by atoms with van der Waals surface area (Å²) in [6.07, 6.45) is 0. The van der Waals surface area contributed by atoms with Crippen molar-refractivity contribution in [2.45, 2.75) is 0 Å². The van der Waals surface area contributed by atoms with Gasteiger partial charge in [-0.15, -0.1) is 11.3 Å². The molecule has 0 saturated heterocycles. The number of aromatic nitrogens is 1. The molecule has 25 heavy (non-hydrogen) atoms. The second kappa shape index (κ2) is 8.05. The number of thiazole rings is 1. The number of rotatable bonds is 6. The molecule has 0 atom stereocenters. The third-order valence-electron chi connectivity index (χ3n) is 3.87. The van der Waals surface area contributed by atoms with E-state index in [9.17, 15) is 4.79 Å². The predicted molar refractivity (Wildman–Crippen MR) is 102 cm³/mol. The van der Waals surface area contributed by atoms with Crippen molar-refractivity contribution in [2.75, 3.05) is 27.3 Å². The van der Waals surface area contributed by atoms with Crippen LogP contribution in [0, 0.1) is 0 Å². The molecule has 128 valence electrons. The second-order valence-corrected chi connectivity index (χ2v) is 6.65. The van der Waals surface area contributed by atoms with E-state index >= 15 is 0 Å². The molecule has 5 heteroatoms. The van der Waals surface area contributed by atoms with E-state index in [1.165, 1.54) is 11.3 Å². The lowest BCUT2D eigenvalue weighted by Gasteiger charge is -2.16. The first-order valence-corrected chi connectivity index (χ1v) is 8.88. The SMILES string of the molecule is COCCN(C)C(=O)c1sc(-c2ccccc2)nc1-c1ccccc1. The van der Waals surface area contributed by atoms with E-state index in [4.69, 9.17) is 9.72 Å². The van der Waals surface area contributed by atoms with Crippen LogP contribution < -0.4 is 0 Å². The Morgan fingerprint density at radius 1 is 1.04 bits per heavy atom. The molecule has 0 N–H and O–H groups in total. The fourth-order valence-electron chi connectivity index (χ4n) is 2.46. The number of likely N-dealkylation sites (N-methyl/N-ethyl adjacent to an activating group) is 1. The van der Waals surface area contributed by atoms with E-state index in [1.807, 2.05) is 60.7 Å². The molecule has 1 aromatic heterocycles. The molecule has 0 bridgehead atoms. The molecule has 3 rings (SSSR count). The summed E-state index contributed by atoms with van der Waals surface area (Å²) < 4.78 is 5.08. The van der Waals surface area contributed by atoms with Gasteiger partial charge in [0, 0.05) is 31.8 Å². The van der Waals surface area contributed by atoms with Crippen molar-refractivity contribution in [3.63, 3.8) is 0 Å². The van der Waals surface area contributed by atoms with Crippen molar-refractivity contribution in [2.24, 2.45) is 0 Å². The maximum atomic E-state index is 12.9. The van der Waals surface area contributed by atoms with Gasteiger partial charge in [-0.25, -0.2) is 4.98 Å². The van der Waals surface area contributed by atoms with Crippen LogP contribution in [0.2, 0.25) is 0 Å². The summed E-state index contributed by atoms with van der Waals surface area (Å²) in [5.41, 5.74) is 2.70. The molecule has 1 amide bonds. The van der Waals surface area contributed by atoms with Gasteiger partial charge in [-0.2, -0.15) is 0 Å². The van der Waals surface area contributed by atoms with Crippen LogP contribution in [0.15, 0.2) is 60.7 Å². The fraction of sp³-hybridized carbons (Fsp3) is 0.200. The van der Waals surface area contributed by atoms with Crippen molar-refractivity contribution >= 4 is 17.2 Å². The lowest BCUT2D eigenvalue weighted by molar-refractivity contribution is 0.0749. The van der Waals surface area contributed by atoms with E-state index in [2.05, 4.69) is 0 Å². The van der Waals surface area contributed by atoms with Crippen molar-refractivity contribution in [3.05, 3.63) is 65.5 Å². The maximum absolute atomic E-state index is 12.9. The monoisotopic (exact) mass is 352 g/mol. The molecule has 0 fully saturated rings. The highest BCUT2D eigenvalue weighted by Crippen LogP contribution is 2.34. The van der Waals surface area contributed by atoms with E-state index in [0.29, 0.717) is 18.0 Å². The Kier molecular flexibility index (Phi) is 5.58. The van der Waals surface area contributed by atoms with Gasteiger partial charge in [-0.05, 0) is 0 Å². The van der Waals surface area contributed by atoms with Gasteiger partial charge in [-0.3, -0.25) is 4.79 Å². The molecule has 0 aliphatic carbocycles. The minimum Gasteiger partial charge on any atom is -0.383 e. The lowest BCUT2D eigenvalue weighted by atomic mass is 10.1. The van der Waals surface area contributed by atoms with Crippen LogP contribution in [0.5, 0.6) is 0 Å². The normalized spacial score (nSPS) is 10.6. The number of hydrogen-bond acceptors (Lipinski definition) is 4. The number of carbonyl (C=O) groups is 1. The number of methoxy groups -OCH3 is 1. The van der Waals surface area contributed by atoms with Crippen LogP contribution in [-0.2, 0) is 4.74 Å². The highest BCUT2D eigenvalue weighted by atomic mass is 32.1. The van der Waals surface area contributed by atoms with E-state index in [1.54, 1.807) is 19.1 Å². The first kappa shape index (κ1) is 17.3. The summed E-state index contributed by atoms with van der Waals surface area (Å²) in [6, 6.07) is 19.8. The van der Waals surface area contributed by atoms with Crippen molar-refractivity contribution < 1.29 is 9.53 Å². The average Bonchev–Trinajstić information content (AvgIpc) is 3.12. The first-order valence-electron chi connectivity index (χ1n) is 8.06. The maximum Gasteiger partial charge on any atom is 0.266 e. The molecule has 0 unspecified atom stereocenters. The van der Waals surface area contributed by atoms with Crippen molar-refractivity contribution in [3.8, 4) is 21.8 Å². The summed E-state index contributed by atoms with van der Waals surface area (Å²) in [5.74, 6) is -0.0319. The van der Waals surface area contributed by atoms with Gasteiger partial charge < -0.3 is 9.64 Å². The molecule has 0 spiro atoms. The summed E-state index contributed by atoms with van der Waals surface area (Å²) in [5, 5.41) is 0.850. The summed E-state index contributed by atoms with van der Waals surface area (Å²) in [6.45, 7) is 1.05. The zero-order valence-corrected chi connectivity index (χ0v) is 15.1. The summed E-state index contributed by atoms with van der Waals surface area (Å²) >= 11 is 1.43. The number of amides is 1. The molecule has 0 saturated carbocycles. The van der Waals surface area contributed by atoms with Gasteiger partial charge in [0.2, 0.25) is 0 Å². The quantitative estimate of drug-likeness (QED) is 0.668. The highest BCUT2D eigenvalue weighted by Gasteiger charge is 2.22. The topological polar surface area (TPSA) is 42.4 Å². The molecule has 3 aromatic rings. The minimum atomic E-state index is -0.0319. The third kappa shape index (κ3) is 3.95. The Morgan fingerprint density at radius 2 is 1.64 bits per heavy atom. The molecule has 0 aliphatic heterocycles. The number of nitrogens with zero attached hydrogens (tertiary/aromatic N) is 2. The van der Waals surface area contributed by atoms with Crippen molar-refractivity contribution in [1.29, 1.82) is 0 Å². The Labute approximate surface area is 151 Å². The Morgan fingerprint density at radius 3 is 2.24 bits per heavy atom. The fourth-order valence-corrected chi connectivity index (χ4v) is 3.55. The van der Waals surface area contributed by atoms with Gasteiger partial charge in [-0.1, -0.05) is 60.7 Å². The molecular weight excluding hydrogens is 332 g/mol. The van der Waals surface area contributed by atoms with Gasteiger partial charge >= 0.3 is 0 Å². The summed E-state index contributed by atoms with van der Waals surface area (Å²) in [7, 11) is 3.42. The smallest absolute Gasteiger partial charge is 0.266 e. The standard InChI is InChI=1S/C20H20N2O2S/c1-22(13-14-24-2)20(23)18-17(15-9-5-3-6-10-15)21-19(25-18)16-11-7-4-8-12-16/h3-12H,13-14H2,1-2H3. The second-order valence-electron chi connectivity index (χ2n) is 5.65. The Balaban J connectivity index is 2.03. The molecule has 0 radical (unpaired) electrons. The van der Waals surface area contributed by atoms with E-state index < -0.39 is 0 Å². The van der Waals surface area contributed by atoms with Crippen LogP contribution in [0.3, 0.4) is 0 Å². The number of benzene rings is 2. The van der Waals surface area contributed by atoms with E-state index in [0.717, 1.165) is 21.8 Å². The van der Waals surface area contributed by atoms with Gasteiger partial charge in [0.1, 0.15) is 9.88 Å². The number of carbonyl (C=O) groups excluding carboxylic acids is 1. The first-order chi connectivity index (χ1) is 12.2. The van der Waals surface area contributed by atoms with Gasteiger partial charge in [0.05, 0.1) is 12.3 Å². The van der Waals surface area contributed by atoms with Gasteiger partial charge in [0.25, 0.3) is 5.91 Å². The Hall–Kier alpha value is -2.50. The zero-order valence-electron chi connectivity index (χ0n) is 14.3. The highest BCUT2D eigenvalue weighted by molar-refractivity contribution is 7.17. The number of hydrogen-bond donors (Lipinski definition) is 0. The van der Waals surface area contributed by atoms with Crippen molar-refractivity contribution in [1.82, 2.24) is 9.88 Å². The van der Waals surface area contributed by atoms with Crippen LogP contribution in [0.25, 0.3) is 21.8 Å². The van der Waals surface area contributed by atoms with Crippen LogP contribution in [0.1, 0.15) is 9.67 Å². The van der Waals surface area contributed by atoms with Crippen LogP contribution >= 0.6 is 11.3 Å². The largest absolute Gasteiger partial charge is 0.383 e. The Bertz CT molecular complexity index is 831. The minimum absolute atomic E-state index is 0.0319. The van der Waals surface area contributed by atoms with Gasteiger partial charge in [0.15, 0.2) is 0 Å². The molecule has 0 aliphatic rings. The molecular formula is C20H20N2O2S. The van der Waals surface area contributed by atoms with Crippen LogP contribution in [0.4, 0.5) is 0 Å². The lowest BCUT2D eigenvalue weighted by Crippen LogP contribution is -2.29. The predicted octanol–water partition coefficient (Wildman–Crippen LogP) is 4.20. The van der Waals surface area contributed by atoms with E-state index in [-0.39, 0.29) is 5.91 Å². The molecule has 1 heterocycles. The van der Waals surface area contributed by atoms with Crippen LogP contribution in [-0.4, -0.2) is 43.1 Å². The summed E-state index contributed by atoms with van der Waals surface area (Å²) in [4.78, 5) is 20.0. The molecule has 2 aromatic carbocycles. The number of ether oxygens (including phenoxy) is 1. The zero-order chi connectivity index (χ0) is 17.6. The third-order valence-corrected chi connectivity index (χ3v) is 4.96. The average molecular weight is 352 g/mol.